The second-order valence-corrected chi connectivity index (χ2v) is 8.32. The third-order valence-corrected chi connectivity index (χ3v) is 5.92. The number of hydrogen-bond acceptors (Lipinski definition) is 7. The van der Waals surface area contributed by atoms with Crippen LogP contribution in [0.3, 0.4) is 0 Å². The average molecular weight is 408 g/mol. The Morgan fingerprint density at radius 2 is 2.03 bits per heavy atom. The number of aromatic hydroxyl groups is 1. The number of carbonyl (C=O) groups is 1. The van der Waals surface area contributed by atoms with Crippen molar-refractivity contribution in [3.05, 3.63) is 47.5 Å². The van der Waals surface area contributed by atoms with Crippen LogP contribution in [0.5, 0.6) is 5.75 Å². The van der Waals surface area contributed by atoms with Crippen molar-refractivity contribution in [2.75, 3.05) is 25.0 Å². The first-order valence-electron chi connectivity index (χ1n) is 10.2. The molecule has 3 aromatic rings. The lowest BCUT2D eigenvalue weighted by molar-refractivity contribution is -0.0228. The molecule has 5 rings (SSSR count). The number of aromatic nitrogens is 2. The highest BCUT2D eigenvalue weighted by Gasteiger charge is 2.39. The fraction of sp³-hybridized carbons (Fsp3) is 0.409. The van der Waals surface area contributed by atoms with Crippen LogP contribution in [0.25, 0.3) is 11.1 Å². The number of phenols is 1. The van der Waals surface area contributed by atoms with E-state index >= 15 is 0 Å². The molecule has 1 aliphatic heterocycles. The molecule has 1 saturated carbocycles. The van der Waals surface area contributed by atoms with Gasteiger partial charge in [-0.1, -0.05) is 12.1 Å². The van der Waals surface area contributed by atoms with E-state index in [2.05, 4.69) is 22.2 Å². The van der Waals surface area contributed by atoms with Gasteiger partial charge in [-0.15, -0.1) is 0 Å². The van der Waals surface area contributed by atoms with Crippen LogP contribution in [0.1, 0.15) is 47.6 Å². The van der Waals surface area contributed by atoms with E-state index < -0.39 is 0 Å². The number of amides is 1. The molecule has 30 heavy (non-hydrogen) atoms. The molecule has 1 amide bonds. The third-order valence-electron chi connectivity index (χ3n) is 5.92. The van der Waals surface area contributed by atoms with Crippen molar-refractivity contribution >= 4 is 22.8 Å². The first kappa shape index (κ1) is 18.9. The molecule has 0 bridgehead atoms. The Morgan fingerprint density at radius 3 is 2.77 bits per heavy atom. The van der Waals surface area contributed by atoms with Crippen molar-refractivity contribution < 1.29 is 19.1 Å². The van der Waals surface area contributed by atoms with Gasteiger partial charge in [0.15, 0.2) is 0 Å². The summed E-state index contributed by atoms with van der Waals surface area (Å²) >= 11 is 0. The molecule has 2 aromatic heterocycles. The predicted molar refractivity (Wildman–Crippen MR) is 111 cm³/mol. The summed E-state index contributed by atoms with van der Waals surface area (Å²) in [5, 5.41) is 13.6. The van der Waals surface area contributed by atoms with Gasteiger partial charge in [-0.05, 0) is 44.4 Å². The summed E-state index contributed by atoms with van der Waals surface area (Å²) in [5.41, 5.74) is 1.85. The van der Waals surface area contributed by atoms with Gasteiger partial charge in [-0.3, -0.25) is 4.79 Å². The summed E-state index contributed by atoms with van der Waals surface area (Å²) in [6.45, 7) is 5.28. The van der Waals surface area contributed by atoms with Crippen molar-refractivity contribution in [1.29, 1.82) is 0 Å². The van der Waals surface area contributed by atoms with E-state index in [0.29, 0.717) is 47.9 Å². The quantitative estimate of drug-likeness (QED) is 0.682. The molecule has 3 heterocycles. The van der Waals surface area contributed by atoms with Crippen LogP contribution in [0.2, 0.25) is 0 Å². The van der Waals surface area contributed by atoms with Crippen LogP contribution in [-0.4, -0.2) is 51.1 Å². The minimum atomic E-state index is -0.249. The number of aryl methyl sites for hydroxylation is 1. The van der Waals surface area contributed by atoms with E-state index in [0.717, 1.165) is 18.4 Å². The molecule has 2 aliphatic rings. The molecule has 0 radical (unpaired) electrons. The van der Waals surface area contributed by atoms with Crippen molar-refractivity contribution in [2.45, 2.75) is 38.3 Å². The zero-order valence-electron chi connectivity index (χ0n) is 17.0. The molecule has 1 aromatic carbocycles. The summed E-state index contributed by atoms with van der Waals surface area (Å²) in [4.78, 5) is 24.0. The van der Waals surface area contributed by atoms with Gasteiger partial charge in [0.2, 0.25) is 5.71 Å². The van der Waals surface area contributed by atoms with Gasteiger partial charge in [0.05, 0.1) is 24.1 Å². The Morgan fingerprint density at radius 1 is 1.27 bits per heavy atom. The first-order chi connectivity index (χ1) is 14.4. The lowest BCUT2D eigenvalue weighted by Gasteiger charge is -2.33. The molecule has 1 atom stereocenters. The van der Waals surface area contributed by atoms with Crippen LogP contribution in [0, 0.1) is 6.92 Å². The van der Waals surface area contributed by atoms with Crippen molar-refractivity contribution in [3.8, 4) is 5.75 Å². The van der Waals surface area contributed by atoms with Gasteiger partial charge in [0.1, 0.15) is 29.8 Å². The van der Waals surface area contributed by atoms with Gasteiger partial charge in [0.25, 0.3) is 5.91 Å². The van der Waals surface area contributed by atoms with Gasteiger partial charge >= 0.3 is 0 Å². The average Bonchev–Trinajstić information content (AvgIpc) is 3.36. The Balaban J connectivity index is 1.46. The zero-order valence-corrected chi connectivity index (χ0v) is 17.0. The molecular weight excluding hydrogens is 384 g/mol. The van der Waals surface area contributed by atoms with Crippen LogP contribution < -0.4 is 5.32 Å². The Kier molecular flexibility index (Phi) is 4.39. The molecule has 1 unspecified atom stereocenters. The van der Waals surface area contributed by atoms with Gasteiger partial charge in [-0.25, -0.2) is 9.97 Å². The summed E-state index contributed by atoms with van der Waals surface area (Å²) in [6.07, 6.45) is 3.34. The Labute approximate surface area is 173 Å². The second kappa shape index (κ2) is 6.98. The number of fused-ring (bicyclic) bond motifs is 1. The monoisotopic (exact) mass is 408 g/mol. The van der Waals surface area contributed by atoms with E-state index in [-0.39, 0.29) is 23.3 Å². The molecule has 1 aliphatic carbocycles. The number of nitrogens with zero attached hydrogens (tertiary/aromatic N) is 3. The van der Waals surface area contributed by atoms with Crippen molar-refractivity contribution in [3.63, 3.8) is 0 Å². The highest BCUT2D eigenvalue weighted by Crippen LogP contribution is 2.40. The number of hydrogen-bond donors (Lipinski definition) is 2. The third kappa shape index (κ3) is 3.37. The van der Waals surface area contributed by atoms with Crippen LogP contribution >= 0.6 is 0 Å². The largest absolute Gasteiger partial charge is 0.508 e. The van der Waals surface area contributed by atoms with E-state index in [1.165, 1.54) is 6.33 Å². The van der Waals surface area contributed by atoms with Crippen molar-refractivity contribution in [2.24, 2.45) is 0 Å². The topological polar surface area (TPSA) is 101 Å². The summed E-state index contributed by atoms with van der Waals surface area (Å²) < 4.78 is 11.7. The van der Waals surface area contributed by atoms with Crippen LogP contribution in [0.4, 0.5) is 5.82 Å². The lowest BCUT2D eigenvalue weighted by atomic mass is 10.1. The molecule has 8 heteroatoms. The molecule has 1 saturated heterocycles. The minimum Gasteiger partial charge on any atom is -0.508 e. The van der Waals surface area contributed by atoms with Gasteiger partial charge < -0.3 is 24.5 Å². The number of benzene rings is 1. The maximum absolute atomic E-state index is 13.5. The standard InChI is InChI=1S/C22H24N4O4/c1-13-17(18-19(25-22(2)7-8-22)23-12-24-20(18)30-13)21(28)26-9-10-29-16(11-26)14-3-5-15(27)6-4-14/h3-6,12,16,27H,7-11H2,1-2H3,(H,23,24,25). The zero-order chi connectivity index (χ0) is 20.9. The molecule has 0 spiro atoms. The number of phenolic OH excluding ortho intramolecular Hbond substituents is 1. The van der Waals surface area contributed by atoms with Crippen LogP contribution in [-0.2, 0) is 4.74 Å². The van der Waals surface area contributed by atoms with Crippen molar-refractivity contribution in [1.82, 2.24) is 14.9 Å². The Hall–Kier alpha value is -3.13. The maximum Gasteiger partial charge on any atom is 0.258 e. The first-order valence-corrected chi connectivity index (χ1v) is 10.2. The summed E-state index contributed by atoms with van der Waals surface area (Å²) in [7, 11) is 0. The number of anilines is 1. The fourth-order valence-electron chi connectivity index (χ4n) is 3.88. The number of nitrogens with one attached hydrogen (secondary N) is 1. The smallest absolute Gasteiger partial charge is 0.258 e. The summed E-state index contributed by atoms with van der Waals surface area (Å²) in [5.74, 6) is 1.26. The normalized spacial score (nSPS) is 20.3. The Bertz CT molecular complexity index is 1100. The number of carbonyl (C=O) groups excluding carboxylic acids is 1. The number of ether oxygens (including phenoxy) is 1. The fourth-order valence-corrected chi connectivity index (χ4v) is 3.88. The molecule has 8 nitrogen and oxygen atoms in total. The molecule has 2 N–H and O–H groups in total. The molecule has 156 valence electrons. The van der Waals surface area contributed by atoms with E-state index in [1.807, 2.05) is 12.1 Å². The minimum absolute atomic E-state index is 0.00963. The van der Waals surface area contributed by atoms with E-state index in [1.54, 1.807) is 24.0 Å². The maximum atomic E-state index is 13.5. The van der Waals surface area contributed by atoms with Gasteiger partial charge in [0, 0.05) is 12.1 Å². The summed E-state index contributed by atoms with van der Waals surface area (Å²) in [6, 6.07) is 6.89. The highest BCUT2D eigenvalue weighted by molar-refractivity contribution is 6.10. The number of rotatable bonds is 4. The van der Waals surface area contributed by atoms with E-state index in [9.17, 15) is 9.90 Å². The van der Waals surface area contributed by atoms with Gasteiger partial charge in [-0.2, -0.15) is 0 Å². The second-order valence-electron chi connectivity index (χ2n) is 8.32. The lowest BCUT2D eigenvalue weighted by Crippen LogP contribution is -2.42. The molecular formula is C22H24N4O4. The highest BCUT2D eigenvalue weighted by atomic mass is 16.5. The molecule has 2 fully saturated rings. The predicted octanol–water partition coefficient (Wildman–Crippen LogP) is 3.41. The van der Waals surface area contributed by atoms with Crippen LogP contribution in [0.15, 0.2) is 35.0 Å². The van der Waals surface area contributed by atoms with E-state index in [4.69, 9.17) is 9.15 Å². The number of morpholine rings is 1. The number of furan rings is 1. The SMILES string of the molecule is Cc1oc2ncnc(NC3(C)CC3)c2c1C(=O)N1CCOC(c2ccc(O)cc2)C1.